The molecule has 0 aliphatic carbocycles. The number of nitrogens with zero attached hydrogens (tertiary/aromatic N) is 2. The van der Waals surface area contributed by atoms with Crippen molar-refractivity contribution in [2.24, 2.45) is 0 Å². The van der Waals surface area contributed by atoms with Crippen molar-refractivity contribution < 1.29 is 9.28 Å². The summed E-state index contributed by atoms with van der Waals surface area (Å²) in [6.45, 7) is 6.96. The largest absolute Gasteiger partial charge is 0.317 e. The van der Waals surface area contributed by atoms with Crippen LogP contribution in [0.5, 0.6) is 0 Å². The van der Waals surface area contributed by atoms with Crippen molar-refractivity contribution in [3.8, 4) is 0 Å². The third kappa shape index (κ3) is 3.43. The van der Waals surface area contributed by atoms with E-state index in [1.54, 1.807) is 24.3 Å². The van der Waals surface area contributed by atoms with Gasteiger partial charge in [-0.05, 0) is 56.1 Å². The van der Waals surface area contributed by atoms with E-state index in [0.29, 0.717) is 23.4 Å². The van der Waals surface area contributed by atoms with Gasteiger partial charge in [0.25, 0.3) is 5.91 Å². The Morgan fingerprint density at radius 2 is 1.92 bits per heavy atom. The lowest BCUT2D eigenvalue weighted by atomic mass is 9.73. The van der Waals surface area contributed by atoms with Gasteiger partial charge in [-0.3, -0.25) is 15.1 Å². The van der Waals surface area contributed by atoms with E-state index in [1.165, 1.54) is 0 Å². The first-order valence-corrected chi connectivity index (χ1v) is 9.41. The number of carbonyl (C=O) groups is 1. The zero-order valence-electron chi connectivity index (χ0n) is 15.2. The molecule has 2 N–H and O–H groups in total. The molecule has 1 aromatic rings. The number of amides is 1. The minimum atomic E-state index is -0.399. The molecule has 1 aromatic carbocycles. The van der Waals surface area contributed by atoms with Gasteiger partial charge in [0.2, 0.25) is 0 Å². The summed E-state index contributed by atoms with van der Waals surface area (Å²) in [4.78, 5) is 14.7. The Labute approximate surface area is 149 Å². The van der Waals surface area contributed by atoms with Crippen molar-refractivity contribution in [2.45, 2.75) is 57.2 Å². The van der Waals surface area contributed by atoms with E-state index in [0.717, 1.165) is 38.8 Å². The van der Waals surface area contributed by atoms with Crippen molar-refractivity contribution >= 4 is 5.91 Å². The molecule has 2 saturated heterocycles. The van der Waals surface area contributed by atoms with Gasteiger partial charge in [0.05, 0.1) is 6.04 Å². The summed E-state index contributed by atoms with van der Waals surface area (Å²) in [5.74, 6) is -0.399. The topological polar surface area (TPSA) is 47.6 Å². The van der Waals surface area contributed by atoms with Gasteiger partial charge in [0.1, 0.15) is 0 Å². The lowest BCUT2D eigenvalue weighted by Crippen LogP contribution is -2.78. The second kappa shape index (κ2) is 7.81. The average molecular weight is 348 g/mol. The number of likely N-dealkylation sites (tertiary alicyclic amines) is 1. The first kappa shape index (κ1) is 18.3. The van der Waals surface area contributed by atoms with Gasteiger partial charge in [-0.1, -0.05) is 32.0 Å². The maximum Gasteiger partial charge on any atom is 0.267 e. The molecule has 2 aliphatic rings. The van der Waals surface area contributed by atoms with Crippen LogP contribution >= 0.6 is 0 Å². The fourth-order valence-corrected chi connectivity index (χ4v) is 4.49. The van der Waals surface area contributed by atoms with Gasteiger partial charge in [-0.25, -0.2) is 0 Å². The molecule has 0 saturated carbocycles. The van der Waals surface area contributed by atoms with Crippen molar-refractivity contribution in [1.29, 1.82) is 0 Å². The highest BCUT2D eigenvalue weighted by atomic mass is 19.2. The van der Waals surface area contributed by atoms with Crippen LogP contribution in [-0.4, -0.2) is 53.3 Å². The van der Waals surface area contributed by atoms with E-state index >= 15 is 0 Å². The summed E-state index contributed by atoms with van der Waals surface area (Å²) < 4.78 is 14.9. The van der Waals surface area contributed by atoms with Gasteiger partial charge >= 0.3 is 0 Å². The Kier molecular flexibility index (Phi) is 5.71. The number of hydrazine groups is 1. The third-order valence-corrected chi connectivity index (χ3v) is 6.05. The highest BCUT2D eigenvalue weighted by molar-refractivity contribution is 5.93. The van der Waals surface area contributed by atoms with Crippen molar-refractivity contribution in [2.75, 3.05) is 19.6 Å². The molecule has 0 spiro atoms. The van der Waals surface area contributed by atoms with E-state index in [-0.39, 0.29) is 11.6 Å². The summed E-state index contributed by atoms with van der Waals surface area (Å²) in [5.41, 5.74) is 2.70. The van der Waals surface area contributed by atoms with Crippen LogP contribution in [0.25, 0.3) is 0 Å². The Balaban J connectivity index is 1.67. The molecular weight excluding hydrogens is 319 g/mol. The summed E-state index contributed by atoms with van der Waals surface area (Å²) in [6.07, 6.45) is 3.97. The van der Waals surface area contributed by atoms with Crippen LogP contribution < -0.4 is 10.7 Å². The molecule has 3 rings (SSSR count). The first-order chi connectivity index (χ1) is 12.1. The predicted molar refractivity (Wildman–Crippen MR) is 96.6 cm³/mol. The van der Waals surface area contributed by atoms with Crippen molar-refractivity contribution in [1.82, 2.24) is 20.9 Å². The summed E-state index contributed by atoms with van der Waals surface area (Å²) in [7, 11) is 0. The smallest absolute Gasteiger partial charge is 0.267 e. The molecule has 0 radical (unpaired) electrons. The van der Waals surface area contributed by atoms with Crippen LogP contribution in [0.2, 0.25) is 0 Å². The number of piperidine rings is 1. The van der Waals surface area contributed by atoms with E-state index in [4.69, 9.17) is 0 Å². The Bertz CT molecular complexity index is 572. The molecule has 0 bridgehead atoms. The zero-order valence-corrected chi connectivity index (χ0v) is 15.2. The number of halogens is 1. The minimum Gasteiger partial charge on any atom is -0.317 e. The fraction of sp³-hybridized carbons (Fsp3) is 0.632. The first-order valence-electron chi connectivity index (χ1n) is 9.41. The maximum absolute atomic E-state index is 14.9. The number of benzene rings is 1. The van der Waals surface area contributed by atoms with E-state index in [2.05, 4.69) is 29.5 Å². The van der Waals surface area contributed by atoms with Gasteiger partial charge < -0.3 is 5.32 Å². The molecule has 1 unspecified atom stereocenters. The Morgan fingerprint density at radius 1 is 1.28 bits per heavy atom. The summed E-state index contributed by atoms with van der Waals surface area (Å²) >= 11 is 0. The second-order valence-electron chi connectivity index (χ2n) is 7.08. The number of rotatable bonds is 6. The highest BCUT2D eigenvalue weighted by Gasteiger charge is 2.56. The highest BCUT2D eigenvalue weighted by Crippen LogP contribution is 2.43. The van der Waals surface area contributed by atoms with E-state index in [9.17, 15) is 9.28 Å². The van der Waals surface area contributed by atoms with E-state index in [1.807, 2.05) is 6.07 Å². The molecule has 138 valence electrons. The van der Waals surface area contributed by atoms with Crippen LogP contribution in [0.1, 0.15) is 49.9 Å². The monoisotopic (exact) mass is 348 g/mol. The molecular formula is C19H29FN4O. The Morgan fingerprint density at radius 3 is 2.52 bits per heavy atom. The summed E-state index contributed by atoms with van der Waals surface area (Å²) in [6, 6.07) is 8.99. The van der Waals surface area contributed by atoms with Crippen LogP contribution in [0, 0.1) is 0 Å². The van der Waals surface area contributed by atoms with Gasteiger partial charge in [0.15, 0.2) is 0 Å². The fourth-order valence-electron chi connectivity index (χ4n) is 4.49. The molecule has 1 atom stereocenters. The molecule has 6 heteroatoms. The molecule has 2 aliphatic heterocycles. The molecule has 2 fully saturated rings. The predicted octanol–water partition coefficient (Wildman–Crippen LogP) is 2.51. The summed E-state index contributed by atoms with van der Waals surface area (Å²) in [5, 5.41) is 3.95. The number of carbonyl (C=O) groups excluding carboxylic acids is 1. The number of hydrogen-bond donors (Lipinski definition) is 2. The van der Waals surface area contributed by atoms with Crippen LogP contribution in [-0.2, 0) is 0 Å². The van der Waals surface area contributed by atoms with Crippen LogP contribution in [0.3, 0.4) is 0 Å². The molecule has 5 nitrogen and oxygen atoms in total. The second-order valence-corrected chi connectivity index (χ2v) is 7.08. The molecule has 2 heterocycles. The molecule has 25 heavy (non-hydrogen) atoms. The van der Waals surface area contributed by atoms with Crippen LogP contribution in [0.4, 0.5) is 4.48 Å². The van der Waals surface area contributed by atoms with Gasteiger partial charge in [-0.15, -0.1) is 4.48 Å². The molecule has 1 amide bonds. The zero-order chi connectivity index (χ0) is 17.9. The van der Waals surface area contributed by atoms with Crippen LogP contribution in [0.15, 0.2) is 30.3 Å². The Hall–Kier alpha value is -1.50. The van der Waals surface area contributed by atoms with Gasteiger partial charge in [0, 0.05) is 23.7 Å². The quantitative estimate of drug-likeness (QED) is 0.613. The normalized spacial score (nSPS) is 24.1. The molecule has 0 aromatic heterocycles. The number of hydrogen-bond acceptors (Lipinski definition) is 4. The lowest BCUT2D eigenvalue weighted by Gasteiger charge is -2.62. The number of nitrogens with one attached hydrogen (secondary N) is 2. The van der Waals surface area contributed by atoms with Crippen molar-refractivity contribution in [3.05, 3.63) is 35.9 Å². The average Bonchev–Trinajstić information content (AvgIpc) is 2.64. The van der Waals surface area contributed by atoms with E-state index < -0.39 is 5.91 Å². The maximum atomic E-state index is 14.9. The third-order valence-electron chi connectivity index (χ3n) is 6.05. The van der Waals surface area contributed by atoms with Gasteiger partial charge in [-0.2, -0.15) is 0 Å². The SMILES string of the molecule is CCC1(CC)C(N(F)NC(=O)c2ccccc2)CN1C1CCNCC1. The standard InChI is InChI=1S/C19H29FN4O/c1-3-19(4-2)17(14-23(19)16-10-12-21-13-11-16)24(20)22-18(25)15-8-6-5-7-9-15/h5-9,16-17,21H,3-4,10-14H2,1-2H3,(H,22,25). The lowest BCUT2D eigenvalue weighted by molar-refractivity contribution is -0.208. The van der Waals surface area contributed by atoms with Crippen molar-refractivity contribution in [3.63, 3.8) is 0 Å². The minimum absolute atomic E-state index is 0.208.